The Kier molecular flexibility index (Phi) is 6.98. The summed E-state index contributed by atoms with van der Waals surface area (Å²) in [6.45, 7) is 7.13. The van der Waals surface area contributed by atoms with Gasteiger partial charge in [-0.05, 0) is 43.9 Å². The molecule has 3 heterocycles. The normalized spacial score (nSPS) is 22.4. The topological polar surface area (TPSA) is 73.4 Å². The second-order valence-corrected chi connectivity index (χ2v) is 9.12. The average molecular weight is 443 g/mol. The molecule has 3 saturated heterocycles. The van der Waals surface area contributed by atoms with Gasteiger partial charge in [0.2, 0.25) is 17.7 Å². The lowest BCUT2D eigenvalue weighted by Crippen LogP contribution is -2.53. The van der Waals surface area contributed by atoms with Crippen LogP contribution < -0.4 is 9.64 Å². The highest BCUT2D eigenvalue weighted by Crippen LogP contribution is 2.34. The molecule has 174 valence electrons. The second kappa shape index (κ2) is 9.90. The van der Waals surface area contributed by atoms with Crippen LogP contribution in [0.4, 0.5) is 5.69 Å². The van der Waals surface area contributed by atoms with Crippen LogP contribution in [0.1, 0.15) is 31.2 Å². The summed E-state index contributed by atoms with van der Waals surface area (Å²) in [6.07, 6.45) is 3.63. The first-order valence-electron chi connectivity index (χ1n) is 11.7. The molecule has 1 aromatic carbocycles. The van der Waals surface area contributed by atoms with Gasteiger partial charge in [0.15, 0.2) is 0 Å². The van der Waals surface area contributed by atoms with Crippen molar-refractivity contribution in [2.75, 3.05) is 64.4 Å². The Morgan fingerprint density at radius 3 is 2.41 bits per heavy atom. The zero-order valence-electron chi connectivity index (χ0n) is 19.2. The van der Waals surface area contributed by atoms with E-state index in [1.807, 2.05) is 34.9 Å². The summed E-state index contributed by atoms with van der Waals surface area (Å²) >= 11 is 0. The number of piperidine rings is 1. The zero-order chi connectivity index (χ0) is 22.7. The third-order valence-electron chi connectivity index (χ3n) is 6.85. The number of piperazine rings is 1. The number of hydrogen-bond donors (Lipinski definition) is 0. The summed E-state index contributed by atoms with van der Waals surface area (Å²) < 4.78 is 5.43. The van der Waals surface area contributed by atoms with Gasteiger partial charge in [-0.15, -0.1) is 0 Å². The largest absolute Gasteiger partial charge is 0.495 e. The molecular formula is C24H34N4O4. The smallest absolute Gasteiger partial charge is 0.236 e. The Labute approximate surface area is 190 Å². The lowest BCUT2D eigenvalue weighted by atomic mass is 10.1. The van der Waals surface area contributed by atoms with E-state index in [2.05, 4.69) is 4.90 Å². The molecular weight excluding hydrogens is 408 g/mol. The number of carbonyl (C=O) groups is 3. The molecule has 0 aromatic heterocycles. The zero-order valence-corrected chi connectivity index (χ0v) is 19.2. The number of ether oxygens (including phenoxy) is 1. The number of aryl methyl sites for hydroxylation is 1. The van der Waals surface area contributed by atoms with Crippen LogP contribution >= 0.6 is 0 Å². The quantitative estimate of drug-likeness (QED) is 0.691. The van der Waals surface area contributed by atoms with E-state index in [1.165, 1.54) is 6.42 Å². The maximum absolute atomic E-state index is 13.1. The van der Waals surface area contributed by atoms with E-state index in [1.54, 1.807) is 12.0 Å². The van der Waals surface area contributed by atoms with Crippen LogP contribution in [0.25, 0.3) is 0 Å². The molecule has 8 nitrogen and oxygen atoms in total. The monoisotopic (exact) mass is 442 g/mol. The summed E-state index contributed by atoms with van der Waals surface area (Å²) in [4.78, 5) is 46.0. The first kappa shape index (κ1) is 22.6. The Morgan fingerprint density at radius 2 is 1.72 bits per heavy atom. The van der Waals surface area contributed by atoms with Gasteiger partial charge >= 0.3 is 0 Å². The third-order valence-corrected chi connectivity index (χ3v) is 6.85. The fourth-order valence-electron chi connectivity index (χ4n) is 4.94. The van der Waals surface area contributed by atoms with Crippen molar-refractivity contribution in [3.8, 4) is 5.75 Å². The van der Waals surface area contributed by atoms with E-state index >= 15 is 0 Å². The predicted octanol–water partition coefficient (Wildman–Crippen LogP) is 1.51. The maximum atomic E-state index is 13.1. The van der Waals surface area contributed by atoms with E-state index < -0.39 is 0 Å². The minimum absolute atomic E-state index is 0.0366. The van der Waals surface area contributed by atoms with Crippen LogP contribution in [0, 0.1) is 12.8 Å². The Hall–Kier alpha value is -2.61. The van der Waals surface area contributed by atoms with Crippen LogP contribution in [0.2, 0.25) is 0 Å². The summed E-state index contributed by atoms with van der Waals surface area (Å²) in [5.74, 6) is 0.499. The molecule has 3 fully saturated rings. The molecule has 0 radical (unpaired) electrons. The number of anilines is 1. The third kappa shape index (κ3) is 4.90. The molecule has 8 heteroatoms. The molecule has 1 atom stereocenters. The van der Waals surface area contributed by atoms with Crippen LogP contribution in [0.15, 0.2) is 18.2 Å². The van der Waals surface area contributed by atoms with Crippen LogP contribution in [0.3, 0.4) is 0 Å². The van der Waals surface area contributed by atoms with Gasteiger partial charge in [-0.3, -0.25) is 19.3 Å². The van der Waals surface area contributed by atoms with Crippen LogP contribution in [-0.2, 0) is 14.4 Å². The van der Waals surface area contributed by atoms with Gasteiger partial charge in [-0.1, -0.05) is 6.07 Å². The number of methoxy groups -OCH3 is 1. The summed E-state index contributed by atoms with van der Waals surface area (Å²) in [7, 11) is 1.59. The minimum atomic E-state index is -0.339. The molecule has 0 N–H and O–H groups in total. The molecule has 0 aliphatic carbocycles. The van der Waals surface area contributed by atoms with Gasteiger partial charge in [-0.25, -0.2) is 0 Å². The van der Waals surface area contributed by atoms with Crippen molar-refractivity contribution in [2.45, 2.75) is 32.6 Å². The first-order valence-corrected chi connectivity index (χ1v) is 11.7. The van der Waals surface area contributed by atoms with Gasteiger partial charge in [0, 0.05) is 52.2 Å². The van der Waals surface area contributed by atoms with Crippen molar-refractivity contribution in [2.24, 2.45) is 5.92 Å². The molecule has 32 heavy (non-hydrogen) atoms. The molecule has 4 rings (SSSR count). The average Bonchev–Trinajstić information content (AvgIpc) is 3.21. The lowest BCUT2D eigenvalue weighted by molar-refractivity contribution is -0.138. The highest BCUT2D eigenvalue weighted by atomic mass is 16.5. The fraction of sp³-hybridized carbons (Fsp3) is 0.625. The van der Waals surface area contributed by atoms with E-state index in [4.69, 9.17) is 4.74 Å². The fourth-order valence-corrected chi connectivity index (χ4v) is 4.94. The Morgan fingerprint density at radius 1 is 1.00 bits per heavy atom. The standard InChI is InChI=1S/C24H34N4O4/c1-18-6-7-21(32-2)20(14-18)28-16-19(15-22(28)29)24(31)27-12-10-25(11-13-27)17-23(30)26-8-4-3-5-9-26/h6-7,14,19H,3-5,8-13,15-17H2,1-2H3. The summed E-state index contributed by atoms with van der Waals surface area (Å²) in [6, 6.07) is 5.74. The van der Waals surface area contributed by atoms with Crippen molar-refractivity contribution < 1.29 is 19.1 Å². The van der Waals surface area contributed by atoms with Crippen LogP contribution in [-0.4, -0.2) is 91.9 Å². The highest BCUT2D eigenvalue weighted by molar-refractivity contribution is 6.01. The molecule has 0 spiro atoms. The summed E-state index contributed by atoms with van der Waals surface area (Å²) in [5, 5.41) is 0. The van der Waals surface area contributed by atoms with E-state index in [9.17, 15) is 14.4 Å². The van der Waals surface area contributed by atoms with Crippen molar-refractivity contribution >= 4 is 23.4 Å². The Bertz CT molecular complexity index is 860. The number of amides is 3. The SMILES string of the molecule is COc1ccc(C)cc1N1CC(C(=O)N2CCN(CC(=O)N3CCCCC3)CC2)CC1=O. The van der Waals surface area contributed by atoms with E-state index in [0.717, 1.165) is 37.2 Å². The van der Waals surface area contributed by atoms with Crippen molar-refractivity contribution in [3.63, 3.8) is 0 Å². The number of hydrogen-bond acceptors (Lipinski definition) is 5. The molecule has 3 aliphatic rings. The van der Waals surface area contributed by atoms with Gasteiger partial charge in [0.05, 0.1) is 25.3 Å². The van der Waals surface area contributed by atoms with E-state index in [0.29, 0.717) is 45.0 Å². The minimum Gasteiger partial charge on any atom is -0.495 e. The van der Waals surface area contributed by atoms with Crippen molar-refractivity contribution in [1.82, 2.24) is 14.7 Å². The van der Waals surface area contributed by atoms with Crippen molar-refractivity contribution in [3.05, 3.63) is 23.8 Å². The number of likely N-dealkylation sites (tertiary alicyclic amines) is 1. The molecule has 0 bridgehead atoms. The molecule has 1 aromatic rings. The molecule has 3 aliphatic heterocycles. The van der Waals surface area contributed by atoms with Gasteiger partial charge in [-0.2, -0.15) is 0 Å². The maximum Gasteiger partial charge on any atom is 0.236 e. The van der Waals surface area contributed by atoms with Gasteiger partial charge < -0.3 is 19.4 Å². The molecule has 0 saturated carbocycles. The van der Waals surface area contributed by atoms with E-state index in [-0.39, 0.29) is 30.1 Å². The van der Waals surface area contributed by atoms with Gasteiger partial charge in [0.25, 0.3) is 0 Å². The number of nitrogens with zero attached hydrogens (tertiary/aromatic N) is 4. The molecule has 3 amide bonds. The number of benzene rings is 1. The number of carbonyl (C=O) groups excluding carboxylic acids is 3. The first-order chi connectivity index (χ1) is 15.5. The van der Waals surface area contributed by atoms with Crippen molar-refractivity contribution in [1.29, 1.82) is 0 Å². The summed E-state index contributed by atoms with van der Waals surface area (Å²) in [5.41, 5.74) is 1.77. The van der Waals surface area contributed by atoms with Gasteiger partial charge in [0.1, 0.15) is 5.75 Å². The second-order valence-electron chi connectivity index (χ2n) is 9.12. The van der Waals surface area contributed by atoms with Crippen LogP contribution in [0.5, 0.6) is 5.75 Å². The predicted molar refractivity (Wildman–Crippen MR) is 122 cm³/mol. The Balaban J connectivity index is 1.30. The lowest BCUT2D eigenvalue weighted by Gasteiger charge is -2.37. The highest BCUT2D eigenvalue weighted by Gasteiger charge is 2.39. The number of rotatable bonds is 5. The molecule has 1 unspecified atom stereocenters.